The lowest BCUT2D eigenvalue weighted by molar-refractivity contribution is 0.155. The second-order valence-electron chi connectivity index (χ2n) is 6.10. The predicted molar refractivity (Wildman–Crippen MR) is 80.0 cm³/mol. The summed E-state index contributed by atoms with van der Waals surface area (Å²) in [6.45, 7) is 2.27. The summed E-state index contributed by atoms with van der Waals surface area (Å²) in [5.74, 6) is -0.789. The molecule has 0 heterocycles. The first-order chi connectivity index (χ1) is 10.1. The third kappa shape index (κ3) is 4.48. The topological polar surface area (TPSA) is 32.3 Å². The van der Waals surface area contributed by atoms with Crippen molar-refractivity contribution < 1.29 is 13.9 Å². The van der Waals surface area contributed by atoms with Gasteiger partial charge in [-0.15, -0.1) is 0 Å². The molecule has 2 rings (SSSR count). The summed E-state index contributed by atoms with van der Waals surface area (Å²) in [7, 11) is 0. The highest BCUT2D eigenvalue weighted by molar-refractivity contribution is 5.22. The van der Waals surface area contributed by atoms with Crippen LogP contribution in [0, 0.1) is 17.6 Å². The van der Waals surface area contributed by atoms with E-state index in [0.29, 0.717) is 5.92 Å². The molecule has 1 aliphatic carbocycles. The summed E-state index contributed by atoms with van der Waals surface area (Å²) in [6, 6.07) is 3.92. The van der Waals surface area contributed by atoms with Crippen LogP contribution >= 0.6 is 0 Å². The van der Waals surface area contributed by atoms with Crippen LogP contribution in [-0.4, -0.2) is 17.7 Å². The molecule has 21 heavy (non-hydrogen) atoms. The lowest BCUT2D eigenvalue weighted by Gasteiger charge is -2.25. The molecule has 1 fully saturated rings. The van der Waals surface area contributed by atoms with Gasteiger partial charge in [-0.1, -0.05) is 31.7 Å². The number of aliphatic hydroxyl groups is 1. The van der Waals surface area contributed by atoms with Crippen LogP contribution in [0.1, 0.15) is 57.1 Å². The number of hydrogen-bond acceptors (Lipinski definition) is 2. The molecular formula is C17H25F2NO. The van der Waals surface area contributed by atoms with E-state index in [-0.39, 0.29) is 18.2 Å². The number of hydrogen-bond donors (Lipinski definition) is 2. The zero-order valence-electron chi connectivity index (χ0n) is 12.6. The standard InChI is InChI=1S/C17H25F2NO/c1-12(13-7-4-2-3-5-8-13)20-11-16(21)17-14(18)9-6-10-15(17)19/h6,9-10,12-13,16,20-21H,2-5,7-8,11H2,1H3/t12-,16?/m0/s1. The Balaban J connectivity index is 1.89. The molecule has 1 saturated carbocycles. The molecule has 0 bridgehead atoms. The first-order valence-corrected chi connectivity index (χ1v) is 7.95. The number of aliphatic hydroxyl groups excluding tert-OH is 1. The Labute approximate surface area is 125 Å². The zero-order valence-corrected chi connectivity index (χ0v) is 12.6. The molecule has 0 spiro atoms. The fourth-order valence-electron chi connectivity index (χ4n) is 3.21. The number of nitrogens with one attached hydrogen (secondary N) is 1. The quantitative estimate of drug-likeness (QED) is 0.807. The Kier molecular flexibility index (Phi) is 6.12. The van der Waals surface area contributed by atoms with Gasteiger partial charge in [0.05, 0.1) is 11.7 Å². The zero-order chi connectivity index (χ0) is 15.2. The van der Waals surface area contributed by atoms with Crippen molar-refractivity contribution in [1.29, 1.82) is 0 Å². The van der Waals surface area contributed by atoms with Crippen molar-refractivity contribution >= 4 is 0 Å². The van der Waals surface area contributed by atoms with E-state index in [0.717, 1.165) is 0 Å². The van der Waals surface area contributed by atoms with Crippen molar-refractivity contribution in [1.82, 2.24) is 5.32 Å². The molecule has 0 aromatic heterocycles. The molecule has 2 atom stereocenters. The van der Waals surface area contributed by atoms with E-state index < -0.39 is 17.7 Å². The van der Waals surface area contributed by atoms with E-state index in [1.54, 1.807) is 0 Å². The monoisotopic (exact) mass is 297 g/mol. The highest BCUT2D eigenvalue weighted by atomic mass is 19.1. The molecule has 0 amide bonds. The maximum Gasteiger partial charge on any atom is 0.131 e. The molecule has 0 radical (unpaired) electrons. The van der Waals surface area contributed by atoms with E-state index in [1.165, 1.54) is 56.7 Å². The first kappa shape index (κ1) is 16.4. The molecule has 1 aromatic carbocycles. The van der Waals surface area contributed by atoms with Gasteiger partial charge >= 0.3 is 0 Å². The molecule has 2 N–H and O–H groups in total. The van der Waals surface area contributed by atoms with Gasteiger partial charge in [-0.05, 0) is 37.8 Å². The molecule has 1 aliphatic rings. The summed E-state index contributed by atoms with van der Waals surface area (Å²) >= 11 is 0. The van der Waals surface area contributed by atoms with Crippen LogP contribution < -0.4 is 5.32 Å². The summed E-state index contributed by atoms with van der Waals surface area (Å²) in [5, 5.41) is 13.3. The second kappa shape index (κ2) is 7.85. The van der Waals surface area contributed by atoms with Crippen molar-refractivity contribution in [3.8, 4) is 0 Å². The highest BCUT2D eigenvalue weighted by Crippen LogP contribution is 2.26. The molecular weight excluding hydrogens is 272 g/mol. The average molecular weight is 297 g/mol. The van der Waals surface area contributed by atoms with E-state index in [4.69, 9.17) is 0 Å². The van der Waals surface area contributed by atoms with Gasteiger partial charge in [0.15, 0.2) is 0 Å². The lowest BCUT2D eigenvalue weighted by atomic mass is 9.93. The van der Waals surface area contributed by atoms with Gasteiger partial charge in [0.25, 0.3) is 0 Å². The fraction of sp³-hybridized carbons (Fsp3) is 0.647. The van der Waals surface area contributed by atoms with Crippen molar-refractivity contribution in [2.24, 2.45) is 5.92 Å². The Hall–Kier alpha value is -1.00. The van der Waals surface area contributed by atoms with Crippen molar-refractivity contribution in [3.63, 3.8) is 0 Å². The fourth-order valence-corrected chi connectivity index (χ4v) is 3.21. The minimum Gasteiger partial charge on any atom is -0.387 e. The summed E-state index contributed by atoms with van der Waals surface area (Å²) in [4.78, 5) is 0. The third-order valence-corrected chi connectivity index (χ3v) is 4.57. The molecule has 1 unspecified atom stereocenters. The second-order valence-corrected chi connectivity index (χ2v) is 6.10. The van der Waals surface area contributed by atoms with Crippen LogP contribution in [0.5, 0.6) is 0 Å². The number of halogens is 2. The number of rotatable bonds is 5. The molecule has 118 valence electrons. The van der Waals surface area contributed by atoms with Crippen molar-refractivity contribution in [2.45, 2.75) is 57.6 Å². The van der Waals surface area contributed by atoms with Crippen LogP contribution in [0.15, 0.2) is 18.2 Å². The Bertz CT molecular complexity index is 424. The minimum atomic E-state index is -1.15. The Morgan fingerprint density at radius 1 is 1.14 bits per heavy atom. The van der Waals surface area contributed by atoms with Crippen LogP contribution in [-0.2, 0) is 0 Å². The maximum atomic E-state index is 13.6. The summed E-state index contributed by atoms with van der Waals surface area (Å²) in [5.41, 5.74) is -0.238. The maximum absolute atomic E-state index is 13.6. The van der Waals surface area contributed by atoms with Crippen LogP contribution in [0.3, 0.4) is 0 Å². The Morgan fingerprint density at radius 3 is 2.29 bits per heavy atom. The van der Waals surface area contributed by atoms with Crippen molar-refractivity contribution in [3.05, 3.63) is 35.4 Å². The minimum absolute atomic E-state index is 0.176. The SMILES string of the molecule is C[C@H](NCC(O)c1c(F)cccc1F)C1CCCCCC1. The first-order valence-electron chi connectivity index (χ1n) is 7.95. The van der Waals surface area contributed by atoms with Gasteiger partial charge in [0.1, 0.15) is 11.6 Å². The van der Waals surface area contributed by atoms with Gasteiger partial charge in [0, 0.05) is 12.6 Å². The summed E-state index contributed by atoms with van der Waals surface area (Å²) < 4.78 is 27.2. The normalized spacial score (nSPS) is 20.0. The van der Waals surface area contributed by atoms with E-state index in [9.17, 15) is 13.9 Å². The van der Waals surface area contributed by atoms with Crippen LogP contribution in [0.25, 0.3) is 0 Å². The largest absolute Gasteiger partial charge is 0.387 e. The molecule has 1 aromatic rings. The summed E-state index contributed by atoms with van der Waals surface area (Å²) in [6.07, 6.45) is 6.33. The predicted octanol–water partition coefficient (Wildman–Crippen LogP) is 3.95. The third-order valence-electron chi connectivity index (χ3n) is 4.57. The van der Waals surface area contributed by atoms with Gasteiger partial charge < -0.3 is 10.4 Å². The van der Waals surface area contributed by atoms with Crippen LogP contribution in [0.4, 0.5) is 8.78 Å². The van der Waals surface area contributed by atoms with E-state index in [1.807, 2.05) is 0 Å². The lowest BCUT2D eigenvalue weighted by Crippen LogP contribution is -2.36. The van der Waals surface area contributed by atoms with Gasteiger partial charge in [-0.3, -0.25) is 0 Å². The Morgan fingerprint density at radius 2 is 1.71 bits per heavy atom. The highest BCUT2D eigenvalue weighted by Gasteiger charge is 2.22. The molecule has 2 nitrogen and oxygen atoms in total. The van der Waals surface area contributed by atoms with Gasteiger partial charge in [-0.2, -0.15) is 0 Å². The van der Waals surface area contributed by atoms with E-state index in [2.05, 4.69) is 12.2 Å². The smallest absolute Gasteiger partial charge is 0.131 e. The average Bonchev–Trinajstić information content (AvgIpc) is 2.73. The van der Waals surface area contributed by atoms with Crippen LogP contribution in [0.2, 0.25) is 0 Å². The molecule has 0 aliphatic heterocycles. The molecule has 0 saturated heterocycles. The molecule has 4 heteroatoms. The van der Waals surface area contributed by atoms with E-state index >= 15 is 0 Å². The van der Waals surface area contributed by atoms with Gasteiger partial charge in [0.2, 0.25) is 0 Å². The van der Waals surface area contributed by atoms with Crippen molar-refractivity contribution in [2.75, 3.05) is 6.54 Å². The number of benzene rings is 1. The van der Waals surface area contributed by atoms with Gasteiger partial charge in [-0.25, -0.2) is 8.78 Å².